The predicted molar refractivity (Wildman–Crippen MR) is 58.8 cm³/mol. The van der Waals surface area contributed by atoms with Crippen molar-refractivity contribution in [3.05, 3.63) is 46.7 Å². The lowest BCUT2D eigenvalue weighted by molar-refractivity contribution is -0.117. The van der Waals surface area contributed by atoms with E-state index < -0.39 is 0 Å². The van der Waals surface area contributed by atoms with Crippen molar-refractivity contribution < 1.29 is 9.53 Å². The molecule has 78 valence electrons. The fourth-order valence-electron chi connectivity index (χ4n) is 1.49. The normalized spacial score (nSPS) is 14.6. The van der Waals surface area contributed by atoms with Gasteiger partial charge in [0.15, 0.2) is 5.76 Å². The van der Waals surface area contributed by atoms with Crippen LogP contribution in [0.15, 0.2) is 36.1 Å². The van der Waals surface area contributed by atoms with E-state index in [2.05, 4.69) is 0 Å². The molecule has 0 fully saturated rings. The van der Waals surface area contributed by atoms with E-state index in [-0.39, 0.29) is 5.78 Å². The lowest BCUT2D eigenvalue weighted by Gasteiger charge is -2.03. The lowest BCUT2D eigenvalue weighted by Crippen LogP contribution is -2.06. The Kier molecular flexibility index (Phi) is 3.07. The van der Waals surface area contributed by atoms with Gasteiger partial charge in [-0.25, -0.2) is 0 Å². The molecule has 0 saturated heterocycles. The highest BCUT2D eigenvalue weighted by Crippen LogP contribution is 2.15. The van der Waals surface area contributed by atoms with Crippen LogP contribution in [0.25, 0.3) is 0 Å². The highest BCUT2D eigenvalue weighted by Gasteiger charge is 2.14. The van der Waals surface area contributed by atoms with Crippen LogP contribution in [0.1, 0.15) is 12.0 Å². The monoisotopic (exact) mass is 222 g/mol. The van der Waals surface area contributed by atoms with Crippen LogP contribution in [0.2, 0.25) is 5.02 Å². The third kappa shape index (κ3) is 2.60. The third-order valence-corrected chi connectivity index (χ3v) is 2.51. The molecule has 0 aliphatic carbocycles. The Morgan fingerprint density at radius 3 is 2.67 bits per heavy atom. The molecule has 0 saturated carbocycles. The van der Waals surface area contributed by atoms with Gasteiger partial charge in [-0.05, 0) is 23.8 Å². The van der Waals surface area contributed by atoms with Gasteiger partial charge in [0.05, 0.1) is 6.61 Å². The third-order valence-electron chi connectivity index (χ3n) is 2.26. The summed E-state index contributed by atoms with van der Waals surface area (Å²) < 4.78 is 5.20. The average Bonchev–Trinajstić information content (AvgIpc) is 2.74. The lowest BCUT2D eigenvalue weighted by atomic mass is 10.1. The molecule has 0 atom stereocenters. The van der Waals surface area contributed by atoms with Gasteiger partial charge >= 0.3 is 0 Å². The molecule has 1 aliphatic rings. The van der Waals surface area contributed by atoms with Crippen LogP contribution in [-0.4, -0.2) is 12.4 Å². The van der Waals surface area contributed by atoms with E-state index in [1.807, 2.05) is 18.2 Å². The van der Waals surface area contributed by atoms with E-state index in [1.54, 1.807) is 12.1 Å². The summed E-state index contributed by atoms with van der Waals surface area (Å²) in [5.74, 6) is 0.541. The molecule has 1 aliphatic heterocycles. The Morgan fingerprint density at radius 1 is 1.33 bits per heavy atom. The zero-order chi connectivity index (χ0) is 10.7. The van der Waals surface area contributed by atoms with Gasteiger partial charge in [-0.3, -0.25) is 4.79 Å². The molecule has 0 unspecified atom stereocenters. The highest BCUT2D eigenvalue weighted by molar-refractivity contribution is 6.30. The molecule has 0 amide bonds. The van der Waals surface area contributed by atoms with Crippen LogP contribution in [0, 0.1) is 0 Å². The average molecular weight is 223 g/mol. The van der Waals surface area contributed by atoms with Crippen molar-refractivity contribution in [3.63, 3.8) is 0 Å². The van der Waals surface area contributed by atoms with E-state index in [0.717, 1.165) is 12.0 Å². The first-order chi connectivity index (χ1) is 7.25. The molecule has 1 aromatic rings. The summed E-state index contributed by atoms with van der Waals surface area (Å²) in [4.78, 5) is 11.7. The number of allylic oxidation sites excluding steroid dienone is 1. The van der Waals surface area contributed by atoms with Crippen LogP contribution < -0.4 is 0 Å². The van der Waals surface area contributed by atoms with Crippen molar-refractivity contribution in [3.8, 4) is 0 Å². The highest BCUT2D eigenvalue weighted by atomic mass is 35.5. The second-order valence-corrected chi connectivity index (χ2v) is 3.87. The van der Waals surface area contributed by atoms with Crippen LogP contribution in [0.3, 0.4) is 0 Å². The predicted octanol–water partition coefficient (Wildman–Crippen LogP) is 2.76. The second kappa shape index (κ2) is 4.49. The van der Waals surface area contributed by atoms with Gasteiger partial charge in [0.2, 0.25) is 5.78 Å². The number of ether oxygens (including phenoxy) is 1. The molecule has 15 heavy (non-hydrogen) atoms. The molecule has 2 nitrogen and oxygen atoms in total. The Morgan fingerprint density at radius 2 is 2.07 bits per heavy atom. The van der Waals surface area contributed by atoms with Crippen molar-refractivity contribution in [2.75, 3.05) is 6.61 Å². The molecule has 3 heteroatoms. The Labute approximate surface area is 93.5 Å². The molecule has 0 radical (unpaired) electrons. The number of benzene rings is 1. The number of carbonyl (C=O) groups is 1. The quantitative estimate of drug-likeness (QED) is 0.786. The van der Waals surface area contributed by atoms with Crippen molar-refractivity contribution in [2.45, 2.75) is 12.8 Å². The van der Waals surface area contributed by atoms with Gasteiger partial charge in [0.1, 0.15) is 0 Å². The number of hydrogen-bond acceptors (Lipinski definition) is 2. The molecule has 0 aromatic heterocycles. The summed E-state index contributed by atoms with van der Waals surface area (Å²) in [6.07, 6.45) is 3.06. The van der Waals surface area contributed by atoms with E-state index in [9.17, 15) is 4.79 Å². The van der Waals surface area contributed by atoms with Crippen LogP contribution >= 0.6 is 11.6 Å². The summed E-state index contributed by atoms with van der Waals surface area (Å²) in [6.45, 7) is 0.627. The maximum atomic E-state index is 11.7. The van der Waals surface area contributed by atoms with Crippen molar-refractivity contribution in [2.24, 2.45) is 0 Å². The van der Waals surface area contributed by atoms with E-state index >= 15 is 0 Å². The molecule has 1 heterocycles. The maximum Gasteiger partial charge on any atom is 0.201 e. The number of ketones is 1. The Bertz CT molecular complexity index is 393. The minimum absolute atomic E-state index is 0.0369. The molecule has 0 bridgehead atoms. The first-order valence-corrected chi connectivity index (χ1v) is 5.24. The van der Waals surface area contributed by atoms with Gasteiger partial charge in [0.25, 0.3) is 0 Å². The van der Waals surface area contributed by atoms with Crippen molar-refractivity contribution >= 4 is 17.4 Å². The molecular weight excluding hydrogens is 212 g/mol. The fourth-order valence-corrected chi connectivity index (χ4v) is 1.61. The van der Waals surface area contributed by atoms with Crippen LogP contribution in [-0.2, 0) is 16.0 Å². The first kappa shape index (κ1) is 10.2. The summed E-state index contributed by atoms with van der Waals surface area (Å²) in [5.41, 5.74) is 0.959. The Hall–Kier alpha value is -1.28. The number of rotatable bonds is 3. The van der Waals surface area contributed by atoms with E-state index in [4.69, 9.17) is 16.3 Å². The molecule has 2 rings (SSSR count). The summed E-state index contributed by atoms with van der Waals surface area (Å²) in [6, 6.07) is 7.29. The van der Waals surface area contributed by atoms with Gasteiger partial charge in [0, 0.05) is 17.9 Å². The standard InChI is InChI=1S/C12H11ClO2/c13-10-5-3-9(4-6-10)8-11(14)12-2-1-7-15-12/h2-6H,1,7-8H2. The molecule has 0 spiro atoms. The van der Waals surface area contributed by atoms with Crippen molar-refractivity contribution in [1.82, 2.24) is 0 Å². The maximum absolute atomic E-state index is 11.7. The SMILES string of the molecule is O=C(Cc1ccc(Cl)cc1)C1=CCCO1. The number of Topliss-reactive ketones (excluding diaryl/α,β-unsaturated/α-hetero) is 1. The number of hydrogen-bond donors (Lipinski definition) is 0. The topological polar surface area (TPSA) is 26.3 Å². The summed E-state index contributed by atoms with van der Waals surface area (Å²) in [5, 5.41) is 0.683. The largest absolute Gasteiger partial charge is 0.490 e. The van der Waals surface area contributed by atoms with Crippen LogP contribution in [0.4, 0.5) is 0 Å². The van der Waals surface area contributed by atoms with E-state index in [0.29, 0.717) is 23.8 Å². The first-order valence-electron chi connectivity index (χ1n) is 4.86. The number of carbonyl (C=O) groups excluding carboxylic acids is 1. The molecule has 0 N–H and O–H groups in total. The number of halogens is 1. The molecular formula is C12H11ClO2. The zero-order valence-corrected chi connectivity index (χ0v) is 8.96. The van der Waals surface area contributed by atoms with E-state index in [1.165, 1.54) is 0 Å². The zero-order valence-electron chi connectivity index (χ0n) is 8.20. The van der Waals surface area contributed by atoms with Gasteiger partial charge in [-0.1, -0.05) is 23.7 Å². The molecule has 1 aromatic carbocycles. The van der Waals surface area contributed by atoms with Crippen molar-refractivity contribution in [1.29, 1.82) is 0 Å². The summed E-state index contributed by atoms with van der Waals surface area (Å²) in [7, 11) is 0. The minimum atomic E-state index is 0.0369. The van der Waals surface area contributed by atoms with Crippen LogP contribution in [0.5, 0.6) is 0 Å². The second-order valence-electron chi connectivity index (χ2n) is 3.43. The summed E-state index contributed by atoms with van der Waals surface area (Å²) >= 11 is 5.75. The van der Waals surface area contributed by atoms with Gasteiger partial charge in [-0.2, -0.15) is 0 Å². The van der Waals surface area contributed by atoms with Gasteiger partial charge in [-0.15, -0.1) is 0 Å². The Balaban J connectivity index is 2.02. The fraction of sp³-hybridized carbons (Fsp3) is 0.250. The van der Waals surface area contributed by atoms with Gasteiger partial charge < -0.3 is 4.74 Å². The smallest absolute Gasteiger partial charge is 0.201 e. The minimum Gasteiger partial charge on any atom is -0.490 e.